The fraction of sp³-hybridized carbons (Fsp3) is 0.733. The van der Waals surface area contributed by atoms with Gasteiger partial charge in [-0.2, -0.15) is 5.10 Å². The lowest BCUT2D eigenvalue weighted by molar-refractivity contribution is 0.0285. The summed E-state index contributed by atoms with van der Waals surface area (Å²) < 4.78 is 7.25. The second-order valence-electron chi connectivity index (χ2n) is 6.69. The number of nitrogens with one attached hydrogen (secondary N) is 1. The zero-order valence-corrected chi connectivity index (χ0v) is 13.6. The largest absolute Gasteiger partial charge is 0.444 e. The van der Waals surface area contributed by atoms with E-state index in [2.05, 4.69) is 10.4 Å². The first kappa shape index (κ1) is 15.8. The van der Waals surface area contributed by atoms with E-state index in [9.17, 15) is 4.79 Å². The molecule has 2 rings (SSSR count). The van der Waals surface area contributed by atoms with Gasteiger partial charge >= 0.3 is 6.09 Å². The molecular formula is C15H26N4O2. The van der Waals surface area contributed by atoms with Gasteiger partial charge < -0.3 is 15.0 Å². The summed E-state index contributed by atoms with van der Waals surface area (Å²) in [5.41, 5.74) is 0.719. The number of amides is 1. The molecule has 0 aliphatic carbocycles. The molecule has 1 aliphatic heterocycles. The van der Waals surface area contributed by atoms with Crippen LogP contribution in [-0.4, -0.2) is 46.5 Å². The molecule has 6 nitrogen and oxygen atoms in total. The number of carbonyl (C=O) groups excluding carboxylic acids is 1. The zero-order valence-electron chi connectivity index (χ0n) is 13.6. The summed E-state index contributed by atoms with van der Waals surface area (Å²) >= 11 is 0. The molecule has 1 aromatic heterocycles. The normalized spacial score (nSPS) is 20.6. The second-order valence-corrected chi connectivity index (χ2v) is 6.69. The van der Waals surface area contributed by atoms with Gasteiger partial charge in [-0.05, 0) is 40.2 Å². The summed E-state index contributed by atoms with van der Waals surface area (Å²) in [4.78, 5) is 13.9. The van der Waals surface area contributed by atoms with Crippen LogP contribution < -0.4 is 5.32 Å². The maximum Gasteiger partial charge on any atom is 0.410 e. The van der Waals surface area contributed by atoms with Gasteiger partial charge in [-0.15, -0.1) is 0 Å². The Morgan fingerprint density at radius 2 is 2.24 bits per heavy atom. The Bertz CT molecular complexity index is 492. The van der Waals surface area contributed by atoms with Gasteiger partial charge in [-0.1, -0.05) is 0 Å². The molecule has 0 radical (unpaired) electrons. The lowest BCUT2D eigenvalue weighted by atomic mass is 9.94. The highest BCUT2D eigenvalue weighted by molar-refractivity contribution is 5.68. The predicted molar refractivity (Wildman–Crippen MR) is 80.9 cm³/mol. The van der Waals surface area contributed by atoms with Crippen molar-refractivity contribution in [2.45, 2.75) is 38.8 Å². The van der Waals surface area contributed by atoms with Gasteiger partial charge in [0.25, 0.3) is 0 Å². The van der Waals surface area contributed by atoms with E-state index in [0.29, 0.717) is 5.92 Å². The van der Waals surface area contributed by atoms with Gasteiger partial charge in [0.1, 0.15) is 5.60 Å². The minimum Gasteiger partial charge on any atom is -0.444 e. The maximum absolute atomic E-state index is 12.1. The molecule has 0 saturated carbocycles. The summed E-state index contributed by atoms with van der Waals surface area (Å²) in [6.07, 6.45) is 4.67. The van der Waals surface area contributed by atoms with Crippen molar-refractivity contribution in [1.29, 1.82) is 0 Å². The van der Waals surface area contributed by atoms with E-state index in [4.69, 9.17) is 4.74 Å². The molecule has 1 saturated heterocycles. The molecule has 2 heterocycles. The third-order valence-electron chi connectivity index (χ3n) is 3.74. The topological polar surface area (TPSA) is 59.4 Å². The number of hydrogen-bond acceptors (Lipinski definition) is 4. The van der Waals surface area contributed by atoms with Crippen LogP contribution in [0.15, 0.2) is 12.4 Å². The van der Waals surface area contributed by atoms with E-state index in [1.807, 2.05) is 47.3 Å². The molecule has 1 aliphatic rings. The van der Waals surface area contributed by atoms with Crippen LogP contribution in [0.25, 0.3) is 0 Å². The van der Waals surface area contributed by atoms with Gasteiger partial charge in [0.15, 0.2) is 0 Å². The average molecular weight is 294 g/mol. The smallest absolute Gasteiger partial charge is 0.410 e. The molecule has 1 N–H and O–H groups in total. The van der Waals surface area contributed by atoms with E-state index < -0.39 is 5.60 Å². The molecule has 0 spiro atoms. The Kier molecular flexibility index (Phi) is 4.56. The first-order chi connectivity index (χ1) is 9.80. The van der Waals surface area contributed by atoms with Crippen molar-refractivity contribution in [3.05, 3.63) is 18.0 Å². The first-order valence-corrected chi connectivity index (χ1v) is 7.44. The predicted octanol–water partition coefficient (Wildman–Crippen LogP) is 1.94. The molecular weight excluding hydrogens is 268 g/mol. The number of hydrogen-bond donors (Lipinski definition) is 1. The third kappa shape index (κ3) is 3.97. The molecule has 21 heavy (non-hydrogen) atoms. The minimum atomic E-state index is -0.444. The highest BCUT2D eigenvalue weighted by Crippen LogP contribution is 2.30. The molecule has 2 unspecified atom stereocenters. The lowest BCUT2D eigenvalue weighted by Gasteiger charge is -2.25. The van der Waals surface area contributed by atoms with Crippen LogP contribution in [0.3, 0.4) is 0 Å². The number of likely N-dealkylation sites (tertiary alicyclic amines) is 1. The monoisotopic (exact) mass is 294 g/mol. The number of rotatable bonds is 3. The molecule has 1 aromatic rings. The summed E-state index contributed by atoms with van der Waals surface area (Å²) in [5.74, 6) is 0.381. The molecule has 6 heteroatoms. The van der Waals surface area contributed by atoms with E-state index in [1.54, 1.807) is 9.58 Å². The summed E-state index contributed by atoms with van der Waals surface area (Å²) in [6, 6.07) is 0.214. The third-order valence-corrected chi connectivity index (χ3v) is 3.74. The highest BCUT2D eigenvalue weighted by atomic mass is 16.6. The van der Waals surface area contributed by atoms with Crippen molar-refractivity contribution in [2.75, 3.05) is 20.1 Å². The highest BCUT2D eigenvalue weighted by Gasteiger charge is 2.34. The van der Waals surface area contributed by atoms with Crippen LogP contribution in [-0.2, 0) is 11.8 Å². The lowest BCUT2D eigenvalue weighted by Crippen LogP contribution is -2.36. The SMILES string of the molecule is CNC(c1cnn(C)c1)C1CCN(C(=O)OC(C)(C)C)C1. The average Bonchev–Trinajstić information content (AvgIpc) is 2.98. The van der Waals surface area contributed by atoms with E-state index in [0.717, 1.165) is 25.1 Å². The quantitative estimate of drug-likeness (QED) is 0.925. The number of carbonyl (C=O) groups is 1. The zero-order chi connectivity index (χ0) is 15.6. The number of aromatic nitrogens is 2. The van der Waals surface area contributed by atoms with Crippen molar-refractivity contribution in [1.82, 2.24) is 20.0 Å². The number of ether oxygens (including phenoxy) is 1. The summed E-state index contributed by atoms with van der Waals surface area (Å²) in [6.45, 7) is 7.15. The van der Waals surface area contributed by atoms with Gasteiger partial charge in [-0.25, -0.2) is 4.79 Å². The van der Waals surface area contributed by atoms with Gasteiger partial charge in [-0.3, -0.25) is 4.68 Å². The van der Waals surface area contributed by atoms with Crippen LogP contribution >= 0.6 is 0 Å². The van der Waals surface area contributed by atoms with Crippen LogP contribution in [0, 0.1) is 5.92 Å². The molecule has 118 valence electrons. The summed E-state index contributed by atoms with van der Waals surface area (Å²) in [5, 5.41) is 7.58. The Morgan fingerprint density at radius 3 is 2.76 bits per heavy atom. The molecule has 2 atom stereocenters. The second kappa shape index (κ2) is 6.05. The fourth-order valence-electron chi connectivity index (χ4n) is 2.83. The summed E-state index contributed by atoms with van der Waals surface area (Å²) in [7, 11) is 3.87. The van der Waals surface area contributed by atoms with Crippen molar-refractivity contribution in [2.24, 2.45) is 13.0 Å². The van der Waals surface area contributed by atoms with E-state index >= 15 is 0 Å². The Labute approximate surface area is 126 Å². The van der Waals surface area contributed by atoms with E-state index in [1.165, 1.54) is 0 Å². The Morgan fingerprint density at radius 1 is 1.52 bits per heavy atom. The maximum atomic E-state index is 12.1. The van der Waals surface area contributed by atoms with Crippen LogP contribution in [0.4, 0.5) is 4.79 Å². The molecule has 0 bridgehead atoms. The minimum absolute atomic E-state index is 0.214. The van der Waals surface area contributed by atoms with Crippen LogP contribution in [0.5, 0.6) is 0 Å². The Balaban J connectivity index is 1.99. The van der Waals surface area contributed by atoms with Gasteiger partial charge in [0.2, 0.25) is 0 Å². The number of nitrogens with zero attached hydrogens (tertiary/aromatic N) is 3. The van der Waals surface area contributed by atoms with Gasteiger partial charge in [0, 0.05) is 37.9 Å². The van der Waals surface area contributed by atoms with Crippen molar-refractivity contribution in [3.63, 3.8) is 0 Å². The molecule has 1 fully saturated rings. The fourth-order valence-corrected chi connectivity index (χ4v) is 2.83. The molecule has 1 amide bonds. The number of aryl methyl sites for hydroxylation is 1. The van der Waals surface area contributed by atoms with Gasteiger partial charge in [0.05, 0.1) is 6.20 Å². The Hall–Kier alpha value is -1.56. The van der Waals surface area contributed by atoms with Crippen LogP contribution in [0.2, 0.25) is 0 Å². The van der Waals surface area contributed by atoms with Crippen LogP contribution in [0.1, 0.15) is 38.8 Å². The van der Waals surface area contributed by atoms with Crippen molar-refractivity contribution in [3.8, 4) is 0 Å². The van der Waals surface area contributed by atoms with Crippen molar-refractivity contribution < 1.29 is 9.53 Å². The molecule has 0 aromatic carbocycles. The van der Waals surface area contributed by atoms with Crippen molar-refractivity contribution >= 4 is 6.09 Å². The van der Waals surface area contributed by atoms with E-state index in [-0.39, 0.29) is 12.1 Å². The first-order valence-electron chi connectivity index (χ1n) is 7.44. The standard InChI is InChI=1S/C15H26N4O2/c1-15(2,3)21-14(20)19-7-6-11(10-19)13(16-4)12-8-17-18(5)9-12/h8-9,11,13,16H,6-7,10H2,1-5H3.